The lowest BCUT2D eigenvalue weighted by molar-refractivity contribution is 0.122. The number of aromatic nitrogens is 2. The second-order valence-corrected chi connectivity index (χ2v) is 6.42. The maximum Gasteiger partial charge on any atom is 0.348 e. The molecule has 2 aromatic rings. The number of rotatable bonds is 3. The minimum absolute atomic E-state index is 0.270. The van der Waals surface area contributed by atoms with Gasteiger partial charge in [-0.2, -0.15) is 10.1 Å². The van der Waals surface area contributed by atoms with Crippen molar-refractivity contribution in [1.82, 2.24) is 9.97 Å². The molecule has 1 aliphatic heterocycles. The Morgan fingerprint density at radius 3 is 2.92 bits per heavy atom. The molecule has 0 saturated carbocycles. The molecular formula is C18H21N5O3. The van der Waals surface area contributed by atoms with E-state index in [1.165, 1.54) is 0 Å². The number of hydrazone groups is 1. The molecule has 2 aliphatic rings. The molecule has 26 heavy (non-hydrogen) atoms. The van der Waals surface area contributed by atoms with Crippen LogP contribution in [0.15, 0.2) is 34.2 Å². The molecule has 0 spiro atoms. The molecule has 136 valence electrons. The second kappa shape index (κ2) is 7.17. The maximum atomic E-state index is 11.9. The van der Waals surface area contributed by atoms with Crippen LogP contribution in [-0.2, 0) is 11.2 Å². The zero-order valence-electron chi connectivity index (χ0n) is 14.4. The molecule has 4 rings (SSSR count). The Hall–Kier alpha value is -2.87. The van der Waals surface area contributed by atoms with Crippen molar-refractivity contribution in [2.75, 3.05) is 36.6 Å². The van der Waals surface area contributed by atoms with Gasteiger partial charge in [-0.25, -0.2) is 4.79 Å². The van der Waals surface area contributed by atoms with Gasteiger partial charge in [0, 0.05) is 24.7 Å². The van der Waals surface area contributed by atoms with E-state index in [1.54, 1.807) is 18.2 Å². The highest BCUT2D eigenvalue weighted by molar-refractivity contribution is 6.03. The number of benzene rings is 1. The van der Waals surface area contributed by atoms with Gasteiger partial charge >= 0.3 is 5.69 Å². The number of aromatic amines is 1. The van der Waals surface area contributed by atoms with Crippen LogP contribution in [0.25, 0.3) is 0 Å². The summed E-state index contributed by atoms with van der Waals surface area (Å²) in [6, 6.07) is 7.13. The number of phenolic OH excluding ortho intramolecular Hbond substituents is 1. The zero-order chi connectivity index (χ0) is 17.9. The average Bonchev–Trinajstić information content (AvgIpc) is 2.66. The van der Waals surface area contributed by atoms with Gasteiger partial charge in [0.1, 0.15) is 17.4 Å². The fourth-order valence-electron chi connectivity index (χ4n) is 3.35. The van der Waals surface area contributed by atoms with Gasteiger partial charge in [-0.3, -0.25) is 10.4 Å². The van der Waals surface area contributed by atoms with Crippen molar-refractivity contribution in [3.05, 3.63) is 45.9 Å². The number of hydrogen-bond acceptors (Lipinski definition) is 7. The number of aromatic hydroxyl groups is 1. The lowest BCUT2D eigenvalue weighted by Crippen LogP contribution is -2.37. The van der Waals surface area contributed by atoms with E-state index in [0.29, 0.717) is 37.9 Å². The first-order valence-electron chi connectivity index (χ1n) is 8.78. The fraction of sp³-hybridized carbons (Fsp3) is 0.389. The molecule has 1 aromatic heterocycles. The summed E-state index contributed by atoms with van der Waals surface area (Å²) in [4.78, 5) is 20.6. The summed E-state index contributed by atoms with van der Waals surface area (Å²) in [6.07, 6.45) is 2.75. The third kappa shape index (κ3) is 3.55. The first kappa shape index (κ1) is 16.6. The molecule has 0 atom stereocenters. The van der Waals surface area contributed by atoms with Crippen molar-refractivity contribution < 1.29 is 9.84 Å². The van der Waals surface area contributed by atoms with E-state index in [9.17, 15) is 9.90 Å². The number of ether oxygens (including phenoxy) is 1. The quantitative estimate of drug-likeness (QED) is 0.721. The molecule has 0 bridgehead atoms. The van der Waals surface area contributed by atoms with Gasteiger partial charge in [0.25, 0.3) is 0 Å². The van der Waals surface area contributed by atoms with E-state index >= 15 is 0 Å². The highest BCUT2D eigenvalue weighted by Crippen LogP contribution is 2.25. The summed E-state index contributed by atoms with van der Waals surface area (Å²) in [5.74, 6) is 1.39. The number of aryl methyl sites for hydroxylation is 1. The number of morpholine rings is 1. The fourth-order valence-corrected chi connectivity index (χ4v) is 3.35. The smallest absolute Gasteiger partial charge is 0.348 e. The van der Waals surface area contributed by atoms with E-state index in [2.05, 4.69) is 20.5 Å². The van der Waals surface area contributed by atoms with Crippen molar-refractivity contribution in [2.45, 2.75) is 19.3 Å². The highest BCUT2D eigenvalue weighted by Gasteiger charge is 2.17. The Kier molecular flexibility index (Phi) is 4.57. The summed E-state index contributed by atoms with van der Waals surface area (Å²) >= 11 is 0. The summed E-state index contributed by atoms with van der Waals surface area (Å²) < 4.78 is 5.34. The molecule has 1 fully saturated rings. The van der Waals surface area contributed by atoms with Gasteiger partial charge in [0.05, 0.1) is 18.9 Å². The number of anilines is 2. The van der Waals surface area contributed by atoms with E-state index in [4.69, 9.17) is 4.74 Å². The van der Waals surface area contributed by atoms with Gasteiger partial charge in [-0.1, -0.05) is 0 Å². The Labute approximate surface area is 150 Å². The largest absolute Gasteiger partial charge is 0.508 e. The molecule has 1 aliphatic carbocycles. The van der Waals surface area contributed by atoms with E-state index in [-0.39, 0.29) is 5.75 Å². The van der Waals surface area contributed by atoms with Crippen LogP contribution in [0.1, 0.15) is 24.0 Å². The lowest BCUT2D eigenvalue weighted by Gasteiger charge is -2.27. The van der Waals surface area contributed by atoms with Crippen molar-refractivity contribution in [2.24, 2.45) is 5.10 Å². The molecule has 2 heterocycles. The molecule has 1 aromatic carbocycles. The second-order valence-electron chi connectivity index (χ2n) is 6.42. The number of hydrogen-bond donors (Lipinski definition) is 3. The maximum absolute atomic E-state index is 11.9. The Balaban J connectivity index is 1.57. The normalized spacial score (nSPS) is 18.6. The number of fused-ring (bicyclic) bond motifs is 1. The molecule has 3 N–H and O–H groups in total. The first-order chi connectivity index (χ1) is 12.7. The van der Waals surface area contributed by atoms with Crippen molar-refractivity contribution in [3.63, 3.8) is 0 Å². The minimum atomic E-state index is -0.411. The van der Waals surface area contributed by atoms with Crippen LogP contribution in [0.4, 0.5) is 11.6 Å². The van der Waals surface area contributed by atoms with Crippen molar-refractivity contribution in [1.29, 1.82) is 0 Å². The van der Waals surface area contributed by atoms with E-state index < -0.39 is 5.69 Å². The Bertz CT molecular complexity index is 887. The molecule has 8 nitrogen and oxygen atoms in total. The van der Waals surface area contributed by atoms with Crippen LogP contribution in [0.3, 0.4) is 0 Å². The summed E-state index contributed by atoms with van der Waals surface area (Å²) in [5, 5.41) is 14.1. The van der Waals surface area contributed by atoms with Gasteiger partial charge in [-0.05, 0) is 43.0 Å². The monoisotopic (exact) mass is 355 g/mol. The predicted octanol–water partition coefficient (Wildman–Crippen LogP) is 1.46. The molecular weight excluding hydrogens is 334 g/mol. The third-order valence-corrected chi connectivity index (χ3v) is 4.64. The molecule has 1 saturated heterocycles. The summed E-state index contributed by atoms with van der Waals surface area (Å²) in [7, 11) is 0. The Morgan fingerprint density at radius 1 is 1.23 bits per heavy atom. The Morgan fingerprint density at radius 2 is 2.08 bits per heavy atom. The minimum Gasteiger partial charge on any atom is -0.508 e. The van der Waals surface area contributed by atoms with Crippen LogP contribution < -0.4 is 16.0 Å². The topological polar surface area (TPSA) is 103 Å². The molecule has 8 heteroatoms. The van der Waals surface area contributed by atoms with Gasteiger partial charge in [-0.15, -0.1) is 0 Å². The summed E-state index contributed by atoms with van der Waals surface area (Å²) in [6.45, 7) is 2.68. The number of phenols is 1. The number of H-pyrrole nitrogens is 1. The molecule has 0 radical (unpaired) electrons. The zero-order valence-corrected chi connectivity index (χ0v) is 14.4. The first-order valence-corrected chi connectivity index (χ1v) is 8.78. The van der Waals surface area contributed by atoms with Crippen LogP contribution in [0, 0.1) is 0 Å². The van der Waals surface area contributed by atoms with Crippen LogP contribution in [0.2, 0.25) is 0 Å². The van der Waals surface area contributed by atoms with Gasteiger partial charge < -0.3 is 14.7 Å². The van der Waals surface area contributed by atoms with E-state index in [0.717, 1.165) is 36.1 Å². The van der Waals surface area contributed by atoms with Crippen molar-refractivity contribution in [3.8, 4) is 5.75 Å². The van der Waals surface area contributed by atoms with Crippen LogP contribution >= 0.6 is 0 Å². The number of nitrogens with zero attached hydrogens (tertiary/aromatic N) is 3. The van der Waals surface area contributed by atoms with E-state index in [1.807, 2.05) is 11.0 Å². The molecule has 0 amide bonds. The number of nitrogens with one attached hydrogen (secondary N) is 2. The van der Waals surface area contributed by atoms with Gasteiger partial charge in [0.2, 0.25) is 0 Å². The van der Waals surface area contributed by atoms with Gasteiger partial charge in [0.15, 0.2) is 0 Å². The molecule has 0 unspecified atom stereocenters. The highest BCUT2D eigenvalue weighted by atomic mass is 16.5. The standard InChI is InChI=1S/C18H21N5O3/c24-13-4-5-14-12(10-13)2-1-3-15(14)21-22-16-11-17(20-18(25)19-16)23-6-8-26-9-7-23/h4-5,10-11,24H,1-3,6-9H2,(H2,19,20,22,25)/b21-15+. The van der Waals surface area contributed by atoms with Crippen LogP contribution in [0.5, 0.6) is 5.75 Å². The predicted molar refractivity (Wildman–Crippen MR) is 99.1 cm³/mol. The summed E-state index contributed by atoms with van der Waals surface area (Å²) in [5.41, 5.74) is 5.59. The third-order valence-electron chi connectivity index (χ3n) is 4.64. The lowest BCUT2D eigenvalue weighted by atomic mass is 9.90. The average molecular weight is 355 g/mol. The SMILES string of the molecule is O=c1nc(N2CCOCC2)cc(N/N=C2\CCCc3cc(O)ccc32)[nH]1. The van der Waals surface area contributed by atoms with Crippen LogP contribution in [-0.4, -0.2) is 47.1 Å². The van der Waals surface area contributed by atoms with Crippen molar-refractivity contribution >= 4 is 17.3 Å².